The minimum atomic E-state index is -0.264. The van der Waals surface area contributed by atoms with Crippen LogP contribution in [0.5, 0.6) is 0 Å². The van der Waals surface area contributed by atoms with E-state index >= 15 is 0 Å². The number of nitrogens with two attached hydrogens (primary N) is 1. The van der Waals surface area contributed by atoms with Crippen molar-refractivity contribution in [3.05, 3.63) is 71.8 Å². The number of aliphatic imine (C=N–C) groups is 1. The Balaban J connectivity index is 1.43. The molecule has 9 heteroatoms. The zero-order valence-corrected chi connectivity index (χ0v) is 18.0. The molecular formula is C23H27FN7O+. The minimum Gasteiger partial charge on any atom is -0.364 e. The number of hydrogen-bond acceptors (Lipinski definition) is 6. The van der Waals surface area contributed by atoms with Crippen LogP contribution in [0.2, 0.25) is 0 Å². The Labute approximate surface area is 185 Å². The van der Waals surface area contributed by atoms with Gasteiger partial charge in [0.25, 0.3) is 0 Å². The lowest BCUT2D eigenvalue weighted by Crippen LogP contribution is -2.67. The zero-order chi connectivity index (χ0) is 22.1. The van der Waals surface area contributed by atoms with Crippen molar-refractivity contribution in [3.63, 3.8) is 0 Å². The molecule has 8 nitrogen and oxygen atoms in total. The van der Waals surface area contributed by atoms with Crippen LogP contribution in [0.3, 0.4) is 0 Å². The SMILES string of the molecule is CC1=C(c2ccc(F)cc2)N=C(N)[N@@+](c2cnc[nH]2)(C2CCN(Cc3ccon3)CC2)C1. The highest BCUT2D eigenvalue weighted by atomic mass is 19.1. The van der Waals surface area contributed by atoms with E-state index in [1.807, 2.05) is 12.3 Å². The first kappa shape index (κ1) is 20.6. The molecule has 1 atom stereocenters. The van der Waals surface area contributed by atoms with E-state index in [1.165, 1.54) is 12.1 Å². The largest absolute Gasteiger partial charge is 0.364 e. The van der Waals surface area contributed by atoms with Crippen LogP contribution in [0, 0.1) is 5.82 Å². The normalized spacial score (nSPS) is 22.9. The number of halogens is 1. The van der Waals surface area contributed by atoms with E-state index in [9.17, 15) is 4.39 Å². The summed E-state index contributed by atoms with van der Waals surface area (Å²) in [5.41, 5.74) is 10.5. The van der Waals surface area contributed by atoms with Gasteiger partial charge in [-0.15, -0.1) is 0 Å². The van der Waals surface area contributed by atoms with Crippen LogP contribution in [0.25, 0.3) is 5.70 Å². The van der Waals surface area contributed by atoms with Crippen molar-refractivity contribution in [1.82, 2.24) is 24.5 Å². The Hall–Kier alpha value is -3.30. The fraction of sp³-hybridized carbons (Fsp3) is 0.348. The topological polar surface area (TPSA) is 96.3 Å². The van der Waals surface area contributed by atoms with Gasteiger partial charge in [-0.1, -0.05) is 5.16 Å². The first-order chi connectivity index (χ1) is 15.6. The van der Waals surface area contributed by atoms with Gasteiger partial charge in [0.05, 0.1) is 17.7 Å². The molecule has 0 amide bonds. The summed E-state index contributed by atoms with van der Waals surface area (Å²) in [5, 5.41) is 4.04. The van der Waals surface area contributed by atoms with Crippen molar-refractivity contribution in [2.45, 2.75) is 32.4 Å². The molecule has 2 aliphatic heterocycles. The average molecular weight is 437 g/mol. The highest BCUT2D eigenvalue weighted by molar-refractivity contribution is 5.96. The molecule has 0 radical (unpaired) electrons. The summed E-state index contributed by atoms with van der Waals surface area (Å²) in [6, 6.07) is 8.59. The molecule has 1 fully saturated rings. The molecule has 166 valence electrons. The number of likely N-dealkylation sites (tertiary alicyclic amines) is 1. The number of aromatic amines is 1. The Bertz CT molecular complexity index is 1110. The number of H-pyrrole nitrogens is 1. The van der Waals surface area contributed by atoms with Crippen molar-refractivity contribution < 1.29 is 8.91 Å². The maximum atomic E-state index is 13.4. The van der Waals surface area contributed by atoms with Crippen molar-refractivity contribution in [3.8, 4) is 0 Å². The van der Waals surface area contributed by atoms with E-state index in [2.05, 4.69) is 26.9 Å². The maximum absolute atomic E-state index is 13.4. The van der Waals surface area contributed by atoms with E-state index in [-0.39, 0.29) is 11.9 Å². The molecule has 1 saturated heterocycles. The van der Waals surface area contributed by atoms with Crippen LogP contribution in [-0.4, -0.2) is 51.7 Å². The van der Waals surface area contributed by atoms with E-state index in [0.717, 1.165) is 60.8 Å². The van der Waals surface area contributed by atoms with E-state index < -0.39 is 0 Å². The molecule has 2 aliphatic rings. The smallest absolute Gasteiger partial charge is 0.307 e. The van der Waals surface area contributed by atoms with Crippen molar-refractivity contribution in [2.24, 2.45) is 10.7 Å². The fourth-order valence-electron chi connectivity index (χ4n) is 5.00. The number of imidazole rings is 1. The predicted molar refractivity (Wildman–Crippen MR) is 121 cm³/mol. The van der Waals surface area contributed by atoms with Crippen LogP contribution in [0.15, 0.2) is 64.2 Å². The first-order valence-electron chi connectivity index (χ1n) is 10.8. The Kier molecular flexibility index (Phi) is 5.36. The molecule has 0 aliphatic carbocycles. The number of nitrogens with one attached hydrogen (secondary N) is 1. The summed E-state index contributed by atoms with van der Waals surface area (Å²) in [5.74, 6) is 1.22. The average Bonchev–Trinajstić information content (AvgIpc) is 3.51. The van der Waals surface area contributed by atoms with Gasteiger partial charge in [0.15, 0.2) is 0 Å². The van der Waals surface area contributed by atoms with E-state index in [0.29, 0.717) is 17.0 Å². The molecule has 5 rings (SSSR count). The predicted octanol–water partition coefficient (Wildman–Crippen LogP) is 3.27. The summed E-state index contributed by atoms with van der Waals surface area (Å²) in [6.07, 6.45) is 7.08. The summed E-state index contributed by atoms with van der Waals surface area (Å²) in [6.45, 7) is 5.43. The number of aromatic nitrogens is 3. The Morgan fingerprint density at radius 3 is 2.66 bits per heavy atom. The van der Waals surface area contributed by atoms with Gasteiger partial charge in [-0.05, 0) is 31.2 Å². The molecule has 4 heterocycles. The summed E-state index contributed by atoms with van der Waals surface area (Å²) < 4.78 is 18.8. The third kappa shape index (κ3) is 3.63. The number of rotatable bonds is 5. The Morgan fingerprint density at radius 1 is 1.22 bits per heavy atom. The van der Waals surface area contributed by atoms with Gasteiger partial charge >= 0.3 is 5.96 Å². The second-order valence-electron chi connectivity index (χ2n) is 8.57. The zero-order valence-electron chi connectivity index (χ0n) is 18.0. The van der Waals surface area contributed by atoms with Crippen LogP contribution >= 0.6 is 0 Å². The van der Waals surface area contributed by atoms with Gasteiger partial charge in [-0.25, -0.2) is 13.9 Å². The third-order valence-corrected chi connectivity index (χ3v) is 6.61. The van der Waals surface area contributed by atoms with Crippen molar-refractivity contribution in [1.29, 1.82) is 0 Å². The molecule has 0 unspecified atom stereocenters. The lowest BCUT2D eigenvalue weighted by atomic mass is 9.96. The highest BCUT2D eigenvalue weighted by Gasteiger charge is 2.48. The molecule has 3 aromatic rings. The summed E-state index contributed by atoms with van der Waals surface area (Å²) >= 11 is 0. The van der Waals surface area contributed by atoms with Gasteiger partial charge in [0.2, 0.25) is 5.82 Å². The van der Waals surface area contributed by atoms with Gasteiger partial charge in [-0.3, -0.25) is 9.88 Å². The number of quaternary nitrogens is 1. The molecule has 32 heavy (non-hydrogen) atoms. The number of nitrogens with zero attached hydrogens (tertiary/aromatic N) is 5. The highest BCUT2D eigenvalue weighted by Crippen LogP contribution is 2.37. The molecule has 1 aromatic carbocycles. The van der Waals surface area contributed by atoms with Gasteiger partial charge < -0.3 is 10.3 Å². The Morgan fingerprint density at radius 2 is 2.00 bits per heavy atom. The third-order valence-electron chi connectivity index (χ3n) is 6.61. The number of guanidine groups is 1. The molecule has 2 aromatic heterocycles. The lowest BCUT2D eigenvalue weighted by Gasteiger charge is -2.46. The molecule has 0 bridgehead atoms. The quantitative estimate of drug-likeness (QED) is 0.599. The van der Waals surface area contributed by atoms with E-state index in [4.69, 9.17) is 15.2 Å². The molecule has 0 saturated carbocycles. The second kappa shape index (κ2) is 8.33. The minimum absolute atomic E-state index is 0.262. The van der Waals surface area contributed by atoms with Crippen LogP contribution in [0.4, 0.5) is 10.2 Å². The second-order valence-corrected chi connectivity index (χ2v) is 8.57. The molecule has 3 N–H and O–H groups in total. The van der Waals surface area contributed by atoms with Gasteiger partial charge in [0, 0.05) is 49.7 Å². The number of benzene rings is 1. The van der Waals surface area contributed by atoms with E-state index in [1.54, 1.807) is 24.7 Å². The van der Waals surface area contributed by atoms with Crippen LogP contribution in [0.1, 0.15) is 31.0 Å². The first-order valence-corrected chi connectivity index (χ1v) is 10.8. The molecule has 0 spiro atoms. The standard InChI is InChI=1S/C23H27FN7O/c1-16-14-31(21-12-26-15-27-21,23(25)28-22(16)17-2-4-18(24)5-3-17)20-6-9-30(10-7-20)13-19-8-11-32-29-19/h2-5,8,11-12,15,20H,6-7,9-10,13-14H2,1H3,(H2,25,28)(H,26,27)/q+1/t31-/m1/s1. The monoisotopic (exact) mass is 436 g/mol. The summed E-state index contributed by atoms with van der Waals surface area (Å²) in [7, 11) is 0. The van der Waals surface area contributed by atoms with Gasteiger partial charge in [0.1, 0.15) is 30.9 Å². The maximum Gasteiger partial charge on any atom is 0.307 e. The number of hydrogen-bond donors (Lipinski definition) is 2. The summed E-state index contributed by atoms with van der Waals surface area (Å²) in [4.78, 5) is 14.8. The fourth-order valence-corrected chi connectivity index (χ4v) is 5.00. The van der Waals surface area contributed by atoms with Gasteiger partial charge in [-0.2, -0.15) is 4.99 Å². The molecular weight excluding hydrogens is 409 g/mol. The van der Waals surface area contributed by atoms with Crippen molar-refractivity contribution >= 4 is 17.5 Å². The van der Waals surface area contributed by atoms with Crippen molar-refractivity contribution in [2.75, 3.05) is 19.6 Å². The van der Waals surface area contributed by atoms with Crippen LogP contribution in [-0.2, 0) is 6.54 Å². The van der Waals surface area contributed by atoms with Crippen LogP contribution < -0.4 is 10.2 Å². The number of piperidine rings is 1. The lowest BCUT2D eigenvalue weighted by molar-refractivity contribution is 0.148.